The lowest BCUT2D eigenvalue weighted by molar-refractivity contribution is 0.621. The molecular formula is C18H19ClN6. The van der Waals surface area contributed by atoms with E-state index in [1.165, 1.54) is 5.69 Å². The Morgan fingerprint density at radius 3 is 2.88 bits per heavy atom. The van der Waals surface area contributed by atoms with Gasteiger partial charge in [0.1, 0.15) is 5.82 Å². The average Bonchev–Trinajstić information content (AvgIpc) is 3.33. The minimum atomic E-state index is 0.575. The molecule has 25 heavy (non-hydrogen) atoms. The number of nitrogens with zero attached hydrogens (tertiary/aromatic N) is 5. The van der Waals surface area contributed by atoms with E-state index in [0.29, 0.717) is 11.7 Å². The first kappa shape index (κ1) is 15.9. The van der Waals surface area contributed by atoms with Crippen molar-refractivity contribution in [2.24, 2.45) is 5.92 Å². The Morgan fingerprint density at radius 2 is 2.08 bits per heavy atom. The number of aromatic nitrogens is 4. The molecule has 1 atom stereocenters. The number of nitrogens with one attached hydrogen (secondary N) is 1. The number of halogens is 1. The third-order valence-corrected chi connectivity index (χ3v) is 4.66. The molecular weight excluding hydrogens is 336 g/mol. The van der Waals surface area contributed by atoms with E-state index in [0.717, 1.165) is 36.9 Å². The highest BCUT2D eigenvalue weighted by Crippen LogP contribution is 2.25. The fourth-order valence-corrected chi connectivity index (χ4v) is 3.22. The van der Waals surface area contributed by atoms with Crippen molar-refractivity contribution >= 4 is 23.1 Å². The van der Waals surface area contributed by atoms with Crippen LogP contribution in [0.15, 0.2) is 55.1 Å². The van der Waals surface area contributed by atoms with Crippen molar-refractivity contribution in [2.45, 2.75) is 6.42 Å². The van der Waals surface area contributed by atoms with E-state index >= 15 is 0 Å². The normalized spacial score (nSPS) is 17.0. The molecule has 0 saturated carbocycles. The van der Waals surface area contributed by atoms with Gasteiger partial charge in [-0.3, -0.25) is 4.98 Å². The van der Waals surface area contributed by atoms with E-state index in [1.54, 1.807) is 23.3 Å². The molecule has 7 heteroatoms. The van der Waals surface area contributed by atoms with E-state index in [4.69, 9.17) is 11.6 Å². The van der Waals surface area contributed by atoms with Gasteiger partial charge < -0.3 is 10.2 Å². The van der Waals surface area contributed by atoms with Gasteiger partial charge in [0.05, 0.1) is 12.4 Å². The molecule has 3 heterocycles. The lowest BCUT2D eigenvalue weighted by Crippen LogP contribution is -2.22. The van der Waals surface area contributed by atoms with Crippen LogP contribution in [0.3, 0.4) is 0 Å². The highest BCUT2D eigenvalue weighted by atomic mass is 35.5. The standard InChI is InChI=1S/C18H19ClN6/c19-15-2-4-16(5-3-15)24-9-6-14(13-24)10-21-17-11-20-12-18(23-17)25-8-1-7-22-25/h1-5,7-8,11-12,14H,6,9-10,13H2,(H,21,23). The Bertz CT molecular complexity index is 818. The summed E-state index contributed by atoms with van der Waals surface area (Å²) in [6, 6.07) is 9.91. The lowest BCUT2D eigenvalue weighted by atomic mass is 10.1. The molecule has 2 aromatic heterocycles. The second-order valence-electron chi connectivity index (χ2n) is 6.17. The van der Waals surface area contributed by atoms with Crippen LogP contribution in [-0.2, 0) is 0 Å². The molecule has 1 fully saturated rings. The Hall–Kier alpha value is -2.60. The Kier molecular flexibility index (Phi) is 4.52. The lowest BCUT2D eigenvalue weighted by Gasteiger charge is -2.19. The van der Waals surface area contributed by atoms with Crippen molar-refractivity contribution in [3.05, 3.63) is 60.1 Å². The molecule has 0 aliphatic carbocycles. The van der Waals surface area contributed by atoms with Crippen molar-refractivity contribution in [2.75, 3.05) is 29.9 Å². The van der Waals surface area contributed by atoms with Gasteiger partial charge in [-0.1, -0.05) is 11.6 Å². The summed E-state index contributed by atoms with van der Waals surface area (Å²) < 4.78 is 1.70. The number of rotatable bonds is 5. The molecule has 6 nitrogen and oxygen atoms in total. The van der Waals surface area contributed by atoms with Crippen LogP contribution in [0.25, 0.3) is 5.82 Å². The summed E-state index contributed by atoms with van der Waals surface area (Å²) in [4.78, 5) is 11.2. The predicted molar refractivity (Wildman–Crippen MR) is 99.4 cm³/mol. The number of hydrogen-bond donors (Lipinski definition) is 1. The van der Waals surface area contributed by atoms with Crippen LogP contribution in [0.4, 0.5) is 11.5 Å². The number of hydrogen-bond acceptors (Lipinski definition) is 5. The molecule has 0 spiro atoms. The van der Waals surface area contributed by atoms with Crippen LogP contribution in [-0.4, -0.2) is 39.4 Å². The van der Waals surface area contributed by atoms with Gasteiger partial charge in [-0.15, -0.1) is 0 Å². The topological polar surface area (TPSA) is 58.9 Å². The summed E-state index contributed by atoms with van der Waals surface area (Å²) in [5, 5.41) is 8.37. The summed E-state index contributed by atoms with van der Waals surface area (Å²) >= 11 is 5.97. The van der Waals surface area contributed by atoms with Crippen LogP contribution < -0.4 is 10.2 Å². The van der Waals surface area contributed by atoms with Crippen LogP contribution in [0.1, 0.15) is 6.42 Å². The van der Waals surface area contributed by atoms with Crippen LogP contribution in [0, 0.1) is 5.92 Å². The van der Waals surface area contributed by atoms with Gasteiger partial charge in [0.2, 0.25) is 0 Å². The second-order valence-corrected chi connectivity index (χ2v) is 6.61. The second kappa shape index (κ2) is 7.11. The molecule has 1 N–H and O–H groups in total. The first-order valence-corrected chi connectivity index (χ1v) is 8.72. The molecule has 1 aliphatic rings. The molecule has 1 aliphatic heterocycles. The quantitative estimate of drug-likeness (QED) is 0.762. The summed E-state index contributed by atoms with van der Waals surface area (Å²) in [7, 11) is 0. The molecule has 0 radical (unpaired) electrons. The molecule has 1 aromatic carbocycles. The summed E-state index contributed by atoms with van der Waals surface area (Å²) in [6.07, 6.45) is 8.19. The predicted octanol–water partition coefficient (Wildman–Crippen LogP) is 3.25. The Labute approximate surface area is 151 Å². The van der Waals surface area contributed by atoms with Crippen LogP contribution in [0.5, 0.6) is 0 Å². The molecule has 1 unspecified atom stereocenters. The highest BCUT2D eigenvalue weighted by Gasteiger charge is 2.22. The van der Waals surface area contributed by atoms with E-state index in [1.807, 2.05) is 24.4 Å². The zero-order valence-corrected chi connectivity index (χ0v) is 14.5. The van der Waals surface area contributed by atoms with Crippen molar-refractivity contribution in [1.82, 2.24) is 19.7 Å². The maximum atomic E-state index is 5.97. The van der Waals surface area contributed by atoms with Crippen molar-refractivity contribution in [1.29, 1.82) is 0 Å². The van der Waals surface area contributed by atoms with Crippen LogP contribution >= 0.6 is 11.6 Å². The van der Waals surface area contributed by atoms with Gasteiger partial charge in [0.15, 0.2) is 5.82 Å². The summed E-state index contributed by atoms with van der Waals surface area (Å²) in [5.41, 5.74) is 1.23. The molecule has 0 bridgehead atoms. The van der Waals surface area contributed by atoms with Crippen molar-refractivity contribution < 1.29 is 0 Å². The monoisotopic (exact) mass is 354 g/mol. The zero-order valence-electron chi connectivity index (χ0n) is 13.7. The van der Waals surface area contributed by atoms with Gasteiger partial charge in [-0.25, -0.2) is 9.67 Å². The largest absolute Gasteiger partial charge is 0.371 e. The van der Waals surface area contributed by atoms with Gasteiger partial charge >= 0.3 is 0 Å². The average molecular weight is 355 g/mol. The first-order chi connectivity index (χ1) is 12.3. The fraction of sp³-hybridized carbons (Fsp3) is 0.278. The van der Waals surface area contributed by atoms with Gasteiger partial charge in [0.25, 0.3) is 0 Å². The third kappa shape index (κ3) is 3.74. The van der Waals surface area contributed by atoms with E-state index in [9.17, 15) is 0 Å². The number of benzene rings is 1. The van der Waals surface area contributed by atoms with Gasteiger partial charge in [0, 0.05) is 42.7 Å². The molecule has 128 valence electrons. The molecule has 3 aromatic rings. The van der Waals surface area contributed by atoms with E-state index in [2.05, 4.69) is 37.4 Å². The van der Waals surface area contributed by atoms with E-state index in [-0.39, 0.29) is 0 Å². The van der Waals surface area contributed by atoms with E-state index < -0.39 is 0 Å². The van der Waals surface area contributed by atoms with Gasteiger partial charge in [-0.2, -0.15) is 5.10 Å². The minimum absolute atomic E-state index is 0.575. The maximum Gasteiger partial charge on any atom is 0.173 e. The summed E-state index contributed by atoms with van der Waals surface area (Å²) in [5.74, 6) is 2.06. The first-order valence-electron chi connectivity index (χ1n) is 8.34. The van der Waals surface area contributed by atoms with Crippen molar-refractivity contribution in [3.8, 4) is 5.82 Å². The summed E-state index contributed by atoms with van der Waals surface area (Å²) in [6.45, 7) is 2.97. The van der Waals surface area contributed by atoms with Gasteiger partial charge in [-0.05, 0) is 42.7 Å². The Balaban J connectivity index is 1.35. The highest BCUT2D eigenvalue weighted by molar-refractivity contribution is 6.30. The number of anilines is 2. The molecule has 0 amide bonds. The SMILES string of the molecule is Clc1ccc(N2CCC(CNc3cncc(-n4cccn4)n3)C2)cc1. The molecule has 1 saturated heterocycles. The molecule has 4 rings (SSSR count). The van der Waals surface area contributed by atoms with Crippen molar-refractivity contribution in [3.63, 3.8) is 0 Å². The maximum absolute atomic E-state index is 5.97. The fourth-order valence-electron chi connectivity index (χ4n) is 3.09. The third-order valence-electron chi connectivity index (χ3n) is 4.41. The Morgan fingerprint density at radius 1 is 1.20 bits per heavy atom. The zero-order chi connectivity index (χ0) is 17.1. The smallest absolute Gasteiger partial charge is 0.173 e. The van der Waals surface area contributed by atoms with Crippen LogP contribution in [0.2, 0.25) is 5.02 Å². The minimum Gasteiger partial charge on any atom is -0.371 e.